The molecule has 2 rings (SSSR count). The van der Waals surface area contributed by atoms with Gasteiger partial charge in [0.25, 0.3) is 0 Å². The van der Waals surface area contributed by atoms with Gasteiger partial charge >= 0.3 is 0 Å². The molecule has 0 atom stereocenters. The van der Waals surface area contributed by atoms with Crippen LogP contribution in [-0.2, 0) is 0 Å². The summed E-state index contributed by atoms with van der Waals surface area (Å²) in [5.74, 6) is 0. The van der Waals surface area contributed by atoms with Crippen LogP contribution in [-0.4, -0.2) is 4.98 Å². The van der Waals surface area contributed by atoms with Crippen molar-refractivity contribution < 1.29 is 4.73 Å². The summed E-state index contributed by atoms with van der Waals surface area (Å²) in [4.78, 5) is 4.08. The highest BCUT2D eigenvalue weighted by Gasteiger charge is 1.98. The molecular weight excluding hydrogens is 212 g/mol. The fourth-order valence-electron chi connectivity index (χ4n) is 1.24. The van der Waals surface area contributed by atoms with Gasteiger partial charge in [-0.25, -0.2) is 0 Å². The van der Waals surface area contributed by atoms with E-state index in [4.69, 9.17) is 0 Å². The van der Waals surface area contributed by atoms with Crippen LogP contribution in [0.1, 0.15) is 22.5 Å². The van der Waals surface area contributed by atoms with Crippen molar-refractivity contribution >= 4 is 0 Å². The zero-order chi connectivity index (χ0) is 12.8. The van der Waals surface area contributed by atoms with Gasteiger partial charge in [-0.05, 0) is 38.5 Å². The van der Waals surface area contributed by atoms with Crippen LogP contribution in [0.25, 0.3) is 0 Å². The van der Waals surface area contributed by atoms with Crippen molar-refractivity contribution in [1.29, 1.82) is 0 Å². The predicted molar refractivity (Wildman–Crippen MR) is 68.6 cm³/mol. The van der Waals surface area contributed by atoms with Crippen molar-refractivity contribution in [2.24, 2.45) is 0 Å². The van der Waals surface area contributed by atoms with Crippen LogP contribution in [0, 0.1) is 32.9 Å². The molecule has 0 amide bonds. The van der Waals surface area contributed by atoms with E-state index in [0.29, 0.717) is 0 Å². The lowest BCUT2D eigenvalue weighted by Gasteiger charge is -2.00. The van der Waals surface area contributed by atoms with Gasteiger partial charge in [0.15, 0.2) is 11.9 Å². The third-order valence-corrected chi connectivity index (χ3v) is 2.74. The maximum atomic E-state index is 10.8. The molecule has 0 unspecified atom stereocenters. The maximum absolute atomic E-state index is 10.8. The van der Waals surface area contributed by atoms with E-state index in [1.807, 2.05) is 39.1 Å². The first kappa shape index (κ1) is 13.2. The van der Waals surface area contributed by atoms with Crippen LogP contribution in [0.4, 0.5) is 0 Å². The summed E-state index contributed by atoms with van der Waals surface area (Å²) in [5.41, 5.74) is 4.19. The molecule has 0 fully saturated rings. The van der Waals surface area contributed by atoms with E-state index in [1.54, 1.807) is 6.07 Å². The molecular formula is C14H18N2O. The van der Waals surface area contributed by atoms with Gasteiger partial charge in [0.1, 0.15) is 0 Å². The first-order chi connectivity index (χ1) is 8.02. The van der Waals surface area contributed by atoms with Gasteiger partial charge in [0.05, 0.1) is 0 Å². The third kappa shape index (κ3) is 3.87. The summed E-state index contributed by atoms with van der Waals surface area (Å²) < 4.78 is 0.870. The van der Waals surface area contributed by atoms with Crippen LogP contribution in [0.3, 0.4) is 0 Å². The number of rotatable bonds is 0. The minimum atomic E-state index is 0.775. The minimum absolute atomic E-state index is 0.775. The minimum Gasteiger partial charge on any atom is -0.619 e. The third-order valence-electron chi connectivity index (χ3n) is 2.74. The van der Waals surface area contributed by atoms with E-state index < -0.39 is 0 Å². The number of aryl methyl sites for hydroxylation is 3. The van der Waals surface area contributed by atoms with Crippen molar-refractivity contribution in [2.45, 2.75) is 27.7 Å². The summed E-state index contributed by atoms with van der Waals surface area (Å²) in [5, 5.41) is 10.8. The molecule has 90 valence electrons. The molecule has 17 heavy (non-hydrogen) atoms. The largest absolute Gasteiger partial charge is 0.619 e. The Hall–Kier alpha value is -1.90. The molecule has 0 radical (unpaired) electrons. The highest BCUT2D eigenvalue weighted by Crippen LogP contribution is 1.98. The van der Waals surface area contributed by atoms with E-state index in [-0.39, 0.29) is 0 Å². The van der Waals surface area contributed by atoms with Crippen molar-refractivity contribution in [2.75, 3.05) is 0 Å². The van der Waals surface area contributed by atoms with Crippen LogP contribution in [0.5, 0.6) is 0 Å². The zero-order valence-corrected chi connectivity index (χ0v) is 10.8. The molecule has 0 aliphatic rings. The fraction of sp³-hybridized carbons (Fsp3) is 0.286. The highest BCUT2D eigenvalue weighted by molar-refractivity contribution is 5.15. The highest BCUT2D eigenvalue weighted by atomic mass is 16.5. The second kappa shape index (κ2) is 5.99. The summed E-state index contributed by atoms with van der Waals surface area (Å²) in [6, 6.07) is 7.67. The number of pyridine rings is 2. The van der Waals surface area contributed by atoms with Crippen molar-refractivity contribution in [3.05, 3.63) is 64.4 Å². The van der Waals surface area contributed by atoms with Crippen molar-refractivity contribution in [1.82, 2.24) is 4.98 Å². The molecule has 0 aromatic carbocycles. The number of hydrogen-bond acceptors (Lipinski definition) is 2. The lowest BCUT2D eigenvalue weighted by Crippen LogP contribution is -2.29. The molecule has 0 saturated heterocycles. The molecule has 2 aromatic heterocycles. The van der Waals surface area contributed by atoms with Gasteiger partial charge in [-0.15, -0.1) is 0 Å². The lowest BCUT2D eigenvalue weighted by molar-refractivity contribution is -0.612. The SMILES string of the molecule is Cc1ccc[n+]([O-])c1C.Cc1cccnc1C. The zero-order valence-electron chi connectivity index (χ0n) is 10.8. The fourth-order valence-corrected chi connectivity index (χ4v) is 1.24. The first-order valence-electron chi connectivity index (χ1n) is 5.56. The standard InChI is InChI=1S/C7H9NO.C7H9N/c1-6-4-3-5-8(9)7(6)2;1-6-4-3-5-8-7(6)2/h3-5H,1-2H3;3-5H,1-2H3. The molecule has 0 spiro atoms. The monoisotopic (exact) mass is 230 g/mol. The van der Waals surface area contributed by atoms with Gasteiger partial charge in [-0.2, -0.15) is 4.73 Å². The van der Waals surface area contributed by atoms with Gasteiger partial charge in [0.2, 0.25) is 0 Å². The van der Waals surface area contributed by atoms with E-state index in [0.717, 1.165) is 21.7 Å². The Labute approximate surface area is 102 Å². The topological polar surface area (TPSA) is 39.8 Å². The number of hydrogen-bond donors (Lipinski definition) is 0. The van der Waals surface area contributed by atoms with Gasteiger partial charge in [-0.1, -0.05) is 6.07 Å². The average Bonchev–Trinajstić information content (AvgIpc) is 2.31. The Morgan fingerprint density at radius 3 is 2.06 bits per heavy atom. The van der Waals surface area contributed by atoms with E-state index >= 15 is 0 Å². The number of aromatic nitrogens is 2. The summed E-state index contributed by atoms with van der Waals surface area (Å²) in [6.45, 7) is 7.80. The molecule has 0 aliphatic carbocycles. The maximum Gasteiger partial charge on any atom is 0.192 e. The normalized spacial score (nSPS) is 9.41. The summed E-state index contributed by atoms with van der Waals surface area (Å²) >= 11 is 0. The van der Waals surface area contributed by atoms with Crippen LogP contribution in [0.15, 0.2) is 36.7 Å². The van der Waals surface area contributed by atoms with Crippen LogP contribution in [0.2, 0.25) is 0 Å². The van der Waals surface area contributed by atoms with Gasteiger partial charge in [0, 0.05) is 30.4 Å². The molecule has 3 nitrogen and oxygen atoms in total. The van der Waals surface area contributed by atoms with E-state index in [9.17, 15) is 5.21 Å². The van der Waals surface area contributed by atoms with Gasteiger partial charge < -0.3 is 5.21 Å². The summed E-state index contributed by atoms with van der Waals surface area (Å²) in [7, 11) is 0. The second-order valence-corrected chi connectivity index (χ2v) is 4.01. The lowest BCUT2D eigenvalue weighted by atomic mass is 10.2. The molecule has 3 heteroatoms. The van der Waals surface area contributed by atoms with E-state index in [2.05, 4.69) is 18.0 Å². The smallest absolute Gasteiger partial charge is 0.192 e. The van der Waals surface area contributed by atoms with Crippen LogP contribution < -0.4 is 4.73 Å². The molecule has 0 aliphatic heterocycles. The Bertz CT molecular complexity index is 454. The Morgan fingerprint density at radius 2 is 1.65 bits per heavy atom. The van der Waals surface area contributed by atoms with Gasteiger partial charge in [-0.3, -0.25) is 4.98 Å². The summed E-state index contributed by atoms with van der Waals surface area (Å²) in [6.07, 6.45) is 3.31. The predicted octanol–water partition coefficient (Wildman–Crippen LogP) is 2.64. The van der Waals surface area contributed by atoms with Crippen molar-refractivity contribution in [3.8, 4) is 0 Å². The number of nitrogens with zero attached hydrogens (tertiary/aromatic N) is 2. The quantitative estimate of drug-likeness (QED) is 0.515. The Kier molecular flexibility index (Phi) is 4.64. The molecule has 0 N–H and O–H groups in total. The molecule has 2 aromatic rings. The Morgan fingerprint density at radius 1 is 1.00 bits per heavy atom. The first-order valence-corrected chi connectivity index (χ1v) is 5.56. The Balaban J connectivity index is 0.000000171. The molecule has 0 saturated carbocycles. The van der Waals surface area contributed by atoms with E-state index in [1.165, 1.54) is 11.8 Å². The molecule has 0 bridgehead atoms. The van der Waals surface area contributed by atoms with Crippen molar-refractivity contribution in [3.63, 3.8) is 0 Å². The average molecular weight is 230 g/mol. The second-order valence-electron chi connectivity index (χ2n) is 4.01. The van der Waals surface area contributed by atoms with Crippen LogP contribution >= 0.6 is 0 Å². The molecule has 2 heterocycles.